The van der Waals surface area contributed by atoms with Gasteiger partial charge >= 0.3 is 0 Å². The first-order valence-corrected chi connectivity index (χ1v) is 8.67. The predicted molar refractivity (Wildman–Crippen MR) is 107 cm³/mol. The minimum Gasteiger partial charge on any atom is -0.451 e. The molecule has 1 amide bonds. The number of hydrogen-bond acceptors (Lipinski definition) is 4. The Balaban J connectivity index is 1.63. The van der Waals surface area contributed by atoms with E-state index in [0.29, 0.717) is 21.4 Å². The molecule has 0 saturated carbocycles. The largest absolute Gasteiger partial charge is 0.451 e. The lowest BCUT2D eigenvalue weighted by molar-refractivity contribution is 0.0950. The summed E-state index contributed by atoms with van der Waals surface area (Å²) in [6.45, 7) is 0. The molecule has 0 atom stereocenters. The molecule has 5 nitrogen and oxygen atoms in total. The number of thiocarbonyl (C=S) groups is 1. The fourth-order valence-electron chi connectivity index (χ4n) is 2.15. The summed E-state index contributed by atoms with van der Waals surface area (Å²) in [5.74, 6) is 0.0469. The molecule has 2 aromatic carbocycles. The summed E-state index contributed by atoms with van der Waals surface area (Å²) in [4.78, 5) is 12.2. The molecule has 0 saturated heterocycles. The number of benzene rings is 2. The van der Waals surface area contributed by atoms with Crippen molar-refractivity contribution in [1.82, 2.24) is 10.7 Å². The van der Waals surface area contributed by atoms with Crippen LogP contribution < -0.4 is 16.2 Å². The first kappa shape index (κ1) is 18.3. The molecule has 8 heteroatoms. The summed E-state index contributed by atoms with van der Waals surface area (Å²) in [7, 11) is 0. The van der Waals surface area contributed by atoms with Gasteiger partial charge in [-0.25, -0.2) is 0 Å². The SMILES string of the molecule is O=C(NC(=S)NNc1ccccc1)c1ccc(-c2cccc(Cl)c2Cl)o1. The van der Waals surface area contributed by atoms with E-state index in [1.54, 1.807) is 24.3 Å². The Labute approximate surface area is 165 Å². The molecule has 0 radical (unpaired) electrons. The lowest BCUT2D eigenvalue weighted by Crippen LogP contribution is -2.41. The number of furan rings is 1. The maximum absolute atomic E-state index is 12.2. The van der Waals surface area contributed by atoms with Gasteiger partial charge in [0.15, 0.2) is 10.9 Å². The molecule has 0 aliphatic rings. The highest BCUT2D eigenvalue weighted by molar-refractivity contribution is 7.80. The third kappa shape index (κ3) is 4.35. The van der Waals surface area contributed by atoms with Crippen molar-refractivity contribution in [2.45, 2.75) is 0 Å². The van der Waals surface area contributed by atoms with Gasteiger partial charge in [-0.3, -0.25) is 21.0 Å². The standard InChI is InChI=1S/C18H13Cl2N3O2S/c19-13-8-4-7-12(16(13)20)14-9-10-15(25-14)17(24)21-18(26)23-22-11-5-2-1-3-6-11/h1-10,22H,(H2,21,23,24,26). The summed E-state index contributed by atoms with van der Waals surface area (Å²) in [5, 5.41) is 3.40. The maximum atomic E-state index is 12.2. The molecule has 3 rings (SSSR count). The van der Waals surface area contributed by atoms with Crippen molar-refractivity contribution in [1.29, 1.82) is 0 Å². The minimum absolute atomic E-state index is 0.0971. The van der Waals surface area contributed by atoms with Crippen molar-refractivity contribution in [2.75, 3.05) is 5.43 Å². The second-order valence-corrected chi connectivity index (χ2v) is 6.36. The number of hydrogen-bond donors (Lipinski definition) is 3. The Bertz CT molecular complexity index is 945. The topological polar surface area (TPSA) is 66.3 Å². The molecule has 1 aromatic heterocycles. The second-order valence-electron chi connectivity index (χ2n) is 5.16. The predicted octanol–water partition coefficient (Wildman–Crippen LogP) is 4.88. The Morgan fingerprint density at radius 3 is 2.50 bits per heavy atom. The highest BCUT2D eigenvalue weighted by atomic mass is 35.5. The Morgan fingerprint density at radius 1 is 0.962 bits per heavy atom. The third-order valence-electron chi connectivity index (χ3n) is 3.37. The Hall–Kier alpha value is -2.54. The van der Waals surface area contributed by atoms with Gasteiger partial charge in [-0.05, 0) is 48.6 Å². The number of para-hydroxylation sites is 1. The minimum atomic E-state index is -0.484. The van der Waals surface area contributed by atoms with Crippen LogP contribution in [0.1, 0.15) is 10.6 Å². The molecule has 132 valence electrons. The van der Waals surface area contributed by atoms with E-state index < -0.39 is 5.91 Å². The molecule has 0 aliphatic carbocycles. The van der Waals surface area contributed by atoms with Crippen LogP contribution in [-0.4, -0.2) is 11.0 Å². The normalized spacial score (nSPS) is 10.2. The van der Waals surface area contributed by atoms with Crippen LogP contribution in [0.2, 0.25) is 10.0 Å². The van der Waals surface area contributed by atoms with Gasteiger partial charge in [-0.15, -0.1) is 0 Å². The quantitative estimate of drug-likeness (QED) is 0.426. The van der Waals surface area contributed by atoms with E-state index in [2.05, 4.69) is 16.2 Å². The lowest BCUT2D eigenvalue weighted by atomic mass is 10.2. The number of halogens is 2. The summed E-state index contributed by atoms with van der Waals surface area (Å²) >= 11 is 17.3. The molecule has 0 bridgehead atoms. The zero-order valence-corrected chi connectivity index (χ0v) is 15.6. The van der Waals surface area contributed by atoms with Gasteiger partial charge in [0.05, 0.1) is 15.7 Å². The molecule has 0 aliphatic heterocycles. The summed E-state index contributed by atoms with van der Waals surface area (Å²) < 4.78 is 5.57. The highest BCUT2D eigenvalue weighted by Gasteiger charge is 2.16. The van der Waals surface area contributed by atoms with Crippen LogP contribution in [0.3, 0.4) is 0 Å². The fourth-order valence-corrected chi connectivity index (χ4v) is 2.68. The lowest BCUT2D eigenvalue weighted by Gasteiger charge is -2.10. The smallest absolute Gasteiger partial charge is 0.293 e. The van der Waals surface area contributed by atoms with Crippen LogP contribution in [0.25, 0.3) is 11.3 Å². The summed E-state index contributed by atoms with van der Waals surface area (Å²) in [5.41, 5.74) is 7.01. The van der Waals surface area contributed by atoms with E-state index in [1.165, 1.54) is 6.07 Å². The van der Waals surface area contributed by atoms with Crippen molar-refractivity contribution < 1.29 is 9.21 Å². The fraction of sp³-hybridized carbons (Fsp3) is 0. The number of amides is 1. The molecule has 0 fully saturated rings. The highest BCUT2D eigenvalue weighted by Crippen LogP contribution is 2.34. The third-order valence-corrected chi connectivity index (χ3v) is 4.39. The van der Waals surface area contributed by atoms with Gasteiger partial charge in [-0.1, -0.05) is 47.5 Å². The number of anilines is 1. The van der Waals surface area contributed by atoms with Gasteiger partial charge in [-0.2, -0.15) is 0 Å². The van der Waals surface area contributed by atoms with E-state index >= 15 is 0 Å². The van der Waals surface area contributed by atoms with Gasteiger partial charge < -0.3 is 4.42 Å². The molecule has 3 aromatic rings. The van der Waals surface area contributed by atoms with Gasteiger partial charge in [0.25, 0.3) is 5.91 Å². The number of hydrazine groups is 1. The molecule has 0 spiro atoms. The molecule has 0 unspecified atom stereocenters. The molecular weight excluding hydrogens is 393 g/mol. The van der Waals surface area contributed by atoms with Crippen molar-refractivity contribution in [3.05, 3.63) is 76.5 Å². The van der Waals surface area contributed by atoms with Crippen molar-refractivity contribution in [3.63, 3.8) is 0 Å². The zero-order valence-electron chi connectivity index (χ0n) is 13.3. The number of rotatable bonds is 4. The Kier molecular flexibility index (Phi) is 5.78. The average molecular weight is 406 g/mol. The van der Waals surface area contributed by atoms with E-state index in [9.17, 15) is 4.79 Å². The summed E-state index contributed by atoms with van der Waals surface area (Å²) in [6.07, 6.45) is 0. The van der Waals surface area contributed by atoms with Crippen molar-refractivity contribution in [2.24, 2.45) is 0 Å². The van der Waals surface area contributed by atoms with Crippen LogP contribution in [-0.2, 0) is 0 Å². The van der Waals surface area contributed by atoms with Crippen LogP contribution in [0.4, 0.5) is 5.69 Å². The second kappa shape index (κ2) is 8.23. The van der Waals surface area contributed by atoms with Gasteiger partial charge in [0.1, 0.15) is 5.76 Å². The van der Waals surface area contributed by atoms with E-state index in [4.69, 9.17) is 39.8 Å². The number of nitrogens with one attached hydrogen (secondary N) is 3. The molecule has 1 heterocycles. The monoisotopic (exact) mass is 405 g/mol. The van der Waals surface area contributed by atoms with Crippen LogP contribution >= 0.6 is 35.4 Å². The number of carbonyl (C=O) groups excluding carboxylic acids is 1. The molecule has 26 heavy (non-hydrogen) atoms. The maximum Gasteiger partial charge on any atom is 0.293 e. The zero-order chi connectivity index (χ0) is 18.5. The van der Waals surface area contributed by atoms with E-state index in [0.717, 1.165) is 5.69 Å². The van der Waals surface area contributed by atoms with Crippen LogP contribution in [0.5, 0.6) is 0 Å². The van der Waals surface area contributed by atoms with Crippen molar-refractivity contribution in [3.8, 4) is 11.3 Å². The Morgan fingerprint density at radius 2 is 1.73 bits per heavy atom. The average Bonchev–Trinajstić information content (AvgIpc) is 3.13. The van der Waals surface area contributed by atoms with Crippen LogP contribution in [0, 0.1) is 0 Å². The van der Waals surface area contributed by atoms with Crippen LogP contribution in [0.15, 0.2) is 65.1 Å². The van der Waals surface area contributed by atoms with E-state index in [-0.39, 0.29) is 10.9 Å². The first-order chi connectivity index (χ1) is 12.5. The van der Waals surface area contributed by atoms with Gasteiger partial charge in [0, 0.05) is 5.56 Å². The van der Waals surface area contributed by atoms with Crippen molar-refractivity contribution >= 4 is 52.1 Å². The molecule has 3 N–H and O–H groups in total. The first-order valence-electron chi connectivity index (χ1n) is 7.51. The summed E-state index contributed by atoms with van der Waals surface area (Å²) in [6, 6.07) is 17.7. The number of carbonyl (C=O) groups is 1. The van der Waals surface area contributed by atoms with Gasteiger partial charge in [0.2, 0.25) is 0 Å². The molecular formula is C18H13Cl2N3O2S. The van der Waals surface area contributed by atoms with E-state index in [1.807, 2.05) is 30.3 Å².